The predicted molar refractivity (Wildman–Crippen MR) is 104 cm³/mol. The Labute approximate surface area is 160 Å². The van der Waals surface area contributed by atoms with Gasteiger partial charge >= 0.3 is 0 Å². The van der Waals surface area contributed by atoms with Crippen molar-refractivity contribution in [3.63, 3.8) is 0 Å². The fraction of sp³-hybridized carbons (Fsp3) is 0.524. The molecule has 27 heavy (non-hydrogen) atoms. The summed E-state index contributed by atoms with van der Waals surface area (Å²) < 4.78 is 8.07. The van der Waals surface area contributed by atoms with Crippen molar-refractivity contribution < 1.29 is 9.53 Å². The number of carbonyl (C=O) groups is 1. The Morgan fingerprint density at radius 1 is 1.22 bits per heavy atom. The average molecular weight is 368 g/mol. The third kappa shape index (κ3) is 4.06. The van der Waals surface area contributed by atoms with Crippen molar-refractivity contribution in [2.75, 3.05) is 26.2 Å². The average Bonchev–Trinajstić information content (AvgIpc) is 2.88. The van der Waals surface area contributed by atoms with Crippen LogP contribution >= 0.6 is 0 Å². The van der Waals surface area contributed by atoms with Crippen LogP contribution in [0.3, 0.4) is 0 Å². The first-order valence-corrected chi connectivity index (χ1v) is 9.79. The normalized spacial score (nSPS) is 20.4. The summed E-state index contributed by atoms with van der Waals surface area (Å²) in [5, 5.41) is 7.50. The lowest BCUT2D eigenvalue weighted by molar-refractivity contribution is -0.128. The van der Waals surface area contributed by atoms with Gasteiger partial charge in [-0.05, 0) is 50.5 Å². The molecule has 1 spiro atoms. The van der Waals surface area contributed by atoms with Crippen LogP contribution in [-0.2, 0) is 16.1 Å². The number of hydrogen-bond acceptors (Lipinski definition) is 4. The van der Waals surface area contributed by atoms with Crippen molar-refractivity contribution in [3.8, 4) is 5.69 Å². The number of nitrogens with one attached hydrogen (secondary N) is 1. The quantitative estimate of drug-likeness (QED) is 0.904. The highest BCUT2D eigenvalue weighted by Gasteiger charge is 2.38. The largest absolute Gasteiger partial charge is 0.373 e. The lowest BCUT2D eigenvalue weighted by atomic mass is 9.87. The monoisotopic (exact) mass is 368 g/mol. The second-order valence-electron chi connectivity index (χ2n) is 7.84. The molecule has 2 fully saturated rings. The molecule has 2 aromatic rings. The predicted octanol–water partition coefficient (Wildman–Crippen LogP) is 2.36. The third-order valence-electron chi connectivity index (χ3n) is 5.65. The number of likely N-dealkylation sites (tertiary alicyclic amines) is 1. The lowest BCUT2D eigenvalue weighted by Gasteiger charge is -2.40. The van der Waals surface area contributed by atoms with Gasteiger partial charge < -0.3 is 10.1 Å². The molecule has 3 heterocycles. The van der Waals surface area contributed by atoms with E-state index in [2.05, 4.69) is 52.6 Å². The molecule has 144 valence electrons. The van der Waals surface area contributed by atoms with E-state index in [4.69, 9.17) is 4.74 Å². The maximum absolute atomic E-state index is 11.9. The first kappa shape index (κ1) is 18.2. The van der Waals surface area contributed by atoms with E-state index in [-0.39, 0.29) is 11.5 Å². The molecule has 2 aliphatic rings. The Kier molecular flexibility index (Phi) is 5.02. The first-order valence-electron chi connectivity index (χ1n) is 9.79. The summed E-state index contributed by atoms with van der Waals surface area (Å²) in [6.07, 6.45) is 2.32. The molecule has 0 unspecified atom stereocenters. The Balaban J connectivity index is 1.41. The number of nitrogens with zero attached hydrogens (tertiary/aromatic N) is 3. The zero-order valence-electron chi connectivity index (χ0n) is 16.2. The second-order valence-corrected chi connectivity index (χ2v) is 7.84. The van der Waals surface area contributed by atoms with Gasteiger partial charge in [-0.25, -0.2) is 4.68 Å². The summed E-state index contributed by atoms with van der Waals surface area (Å²) in [5.74, 6) is 0.124. The first-order chi connectivity index (χ1) is 13.0. The molecular weight excluding hydrogens is 340 g/mol. The molecule has 1 aromatic carbocycles. The van der Waals surface area contributed by atoms with E-state index in [1.807, 2.05) is 11.6 Å². The van der Waals surface area contributed by atoms with Gasteiger partial charge in [-0.15, -0.1) is 0 Å². The molecule has 2 aliphatic heterocycles. The van der Waals surface area contributed by atoms with Crippen LogP contribution in [0.25, 0.3) is 5.69 Å². The van der Waals surface area contributed by atoms with E-state index < -0.39 is 0 Å². The van der Waals surface area contributed by atoms with Crippen molar-refractivity contribution in [2.45, 2.75) is 45.3 Å². The van der Waals surface area contributed by atoms with Crippen molar-refractivity contribution in [3.05, 3.63) is 47.3 Å². The number of benzene rings is 1. The Bertz CT molecular complexity index is 821. The maximum atomic E-state index is 11.9. The number of ether oxygens (including phenoxy) is 1. The topological polar surface area (TPSA) is 59.4 Å². The molecular formula is C21H28N4O2. The molecule has 0 saturated carbocycles. The second kappa shape index (κ2) is 7.44. The van der Waals surface area contributed by atoms with E-state index >= 15 is 0 Å². The summed E-state index contributed by atoms with van der Waals surface area (Å²) in [4.78, 5) is 14.4. The molecule has 0 bridgehead atoms. The number of rotatable bonds is 3. The SMILES string of the molecule is Cc1cc(C)n(-c2cccc(CN3CCC4(CC3)CC(=O)NCCO4)c2)n1. The fourth-order valence-corrected chi connectivity index (χ4v) is 4.24. The van der Waals surface area contributed by atoms with Crippen molar-refractivity contribution >= 4 is 5.91 Å². The number of carbonyl (C=O) groups excluding carboxylic acids is 1. The molecule has 6 heteroatoms. The van der Waals surface area contributed by atoms with Gasteiger partial charge in [0.2, 0.25) is 5.91 Å². The minimum Gasteiger partial charge on any atom is -0.373 e. The van der Waals surface area contributed by atoms with E-state index in [9.17, 15) is 4.79 Å². The highest BCUT2D eigenvalue weighted by molar-refractivity contribution is 5.77. The number of hydrogen-bond donors (Lipinski definition) is 1. The van der Waals surface area contributed by atoms with E-state index in [1.54, 1.807) is 0 Å². The van der Waals surface area contributed by atoms with Gasteiger partial charge in [-0.2, -0.15) is 5.10 Å². The standard InChI is InChI=1S/C21H28N4O2/c1-16-12-17(2)25(23-16)19-5-3-4-18(13-19)15-24-9-6-21(7-10-24)14-20(26)22-8-11-27-21/h3-5,12-13H,6-11,14-15H2,1-2H3,(H,22,26). The Morgan fingerprint density at radius 3 is 2.78 bits per heavy atom. The molecule has 1 amide bonds. The van der Waals surface area contributed by atoms with Crippen LogP contribution in [0.2, 0.25) is 0 Å². The summed E-state index contributed by atoms with van der Waals surface area (Å²) >= 11 is 0. The third-order valence-corrected chi connectivity index (χ3v) is 5.65. The van der Waals surface area contributed by atoms with Gasteiger partial charge in [0, 0.05) is 31.9 Å². The summed E-state index contributed by atoms with van der Waals surface area (Å²) in [6.45, 7) is 8.18. The summed E-state index contributed by atoms with van der Waals surface area (Å²) in [5.41, 5.74) is 4.31. The van der Waals surface area contributed by atoms with Gasteiger partial charge in [0.1, 0.15) is 0 Å². The highest BCUT2D eigenvalue weighted by Crippen LogP contribution is 2.31. The molecule has 2 saturated heterocycles. The van der Waals surface area contributed by atoms with Crippen LogP contribution in [0.15, 0.2) is 30.3 Å². The van der Waals surface area contributed by atoms with Crippen molar-refractivity contribution in [2.24, 2.45) is 0 Å². The van der Waals surface area contributed by atoms with E-state index in [0.29, 0.717) is 19.6 Å². The fourth-order valence-electron chi connectivity index (χ4n) is 4.24. The Morgan fingerprint density at radius 2 is 2.04 bits per heavy atom. The molecule has 0 radical (unpaired) electrons. The summed E-state index contributed by atoms with van der Waals surface area (Å²) in [7, 11) is 0. The van der Waals surface area contributed by atoms with Crippen LogP contribution in [-0.4, -0.2) is 52.4 Å². The number of aromatic nitrogens is 2. The minimum absolute atomic E-state index is 0.124. The number of amides is 1. The summed E-state index contributed by atoms with van der Waals surface area (Å²) in [6, 6.07) is 10.7. The molecule has 1 aromatic heterocycles. The number of piperidine rings is 1. The van der Waals surface area contributed by atoms with Crippen LogP contribution in [0, 0.1) is 13.8 Å². The van der Waals surface area contributed by atoms with Crippen LogP contribution in [0.4, 0.5) is 0 Å². The maximum Gasteiger partial charge on any atom is 0.222 e. The smallest absolute Gasteiger partial charge is 0.222 e. The molecule has 1 N–H and O–H groups in total. The van der Waals surface area contributed by atoms with E-state index in [1.165, 1.54) is 5.56 Å². The lowest BCUT2D eigenvalue weighted by Crippen LogP contribution is -2.46. The van der Waals surface area contributed by atoms with Gasteiger partial charge in [0.15, 0.2) is 0 Å². The van der Waals surface area contributed by atoms with Crippen molar-refractivity contribution in [1.82, 2.24) is 20.0 Å². The van der Waals surface area contributed by atoms with Crippen LogP contribution in [0.5, 0.6) is 0 Å². The molecule has 0 aliphatic carbocycles. The van der Waals surface area contributed by atoms with Gasteiger partial charge in [-0.1, -0.05) is 12.1 Å². The molecule has 4 rings (SSSR count). The number of aryl methyl sites for hydroxylation is 2. The minimum atomic E-state index is -0.261. The zero-order valence-corrected chi connectivity index (χ0v) is 16.2. The zero-order chi connectivity index (χ0) is 18.9. The van der Waals surface area contributed by atoms with E-state index in [0.717, 1.165) is 49.6 Å². The molecule has 0 atom stereocenters. The molecule has 6 nitrogen and oxygen atoms in total. The van der Waals surface area contributed by atoms with Crippen molar-refractivity contribution in [1.29, 1.82) is 0 Å². The Hall–Kier alpha value is -2.18. The van der Waals surface area contributed by atoms with Crippen LogP contribution in [0.1, 0.15) is 36.2 Å². The highest BCUT2D eigenvalue weighted by atomic mass is 16.5. The van der Waals surface area contributed by atoms with Gasteiger partial charge in [0.05, 0.1) is 30.0 Å². The van der Waals surface area contributed by atoms with Crippen LogP contribution < -0.4 is 5.32 Å². The van der Waals surface area contributed by atoms with Gasteiger partial charge in [-0.3, -0.25) is 9.69 Å². The van der Waals surface area contributed by atoms with Gasteiger partial charge in [0.25, 0.3) is 0 Å².